The quantitative estimate of drug-likeness (QED) is 0.749. The molecule has 0 bridgehead atoms. The molecule has 6 nitrogen and oxygen atoms in total. The van der Waals surface area contributed by atoms with Crippen molar-refractivity contribution in [3.05, 3.63) is 17.5 Å². The second-order valence-corrected chi connectivity index (χ2v) is 3.40. The van der Waals surface area contributed by atoms with Crippen molar-refractivity contribution in [1.82, 2.24) is 15.1 Å². The van der Waals surface area contributed by atoms with Crippen molar-refractivity contribution in [3.63, 3.8) is 0 Å². The number of nitrogens with zero attached hydrogens (tertiary/aromatic N) is 2. The minimum atomic E-state index is -0.931. The number of aromatic nitrogens is 2. The first-order chi connectivity index (χ1) is 7.54. The molecular weight excluding hydrogens is 210 g/mol. The van der Waals surface area contributed by atoms with Gasteiger partial charge in [0.15, 0.2) is 0 Å². The number of amides is 1. The molecule has 0 aliphatic carbocycles. The highest BCUT2D eigenvalue weighted by atomic mass is 16.4. The van der Waals surface area contributed by atoms with Gasteiger partial charge in [0, 0.05) is 13.6 Å². The Kier molecular flexibility index (Phi) is 4.04. The van der Waals surface area contributed by atoms with E-state index in [0.29, 0.717) is 5.69 Å². The first kappa shape index (κ1) is 12.2. The lowest BCUT2D eigenvalue weighted by Gasteiger charge is -2.02. The van der Waals surface area contributed by atoms with Crippen LogP contribution in [-0.4, -0.2) is 33.3 Å². The standard InChI is InChI=1S/C10H15N3O3/c1-3-7-6-8(13(2)12-7)10(16)11-5-4-9(14)15/h6H,3-5H2,1-2H3,(H,11,16)(H,14,15). The molecule has 0 aliphatic rings. The van der Waals surface area contributed by atoms with Crippen molar-refractivity contribution in [3.8, 4) is 0 Å². The molecular formula is C10H15N3O3. The number of nitrogens with one attached hydrogen (secondary N) is 1. The Labute approximate surface area is 93.3 Å². The molecule has 0 aliphatic heterocycles. The normalized spacial score (nSPS) is 10.1. The summed E-state index contributed by atoms with van der Waals surface area (Å²) >= 11 is 0. The van der Waals surface area contributed by atoms with Gasteiger partial charge in [0.1, 0.15) is 5.69 Å². The molecule has 0 saturated carbocycles. The molecule has 88 valence electrons. The average molecular weight is 225 g/mol. The summed E-state index contributed by atoms with van der Waals surface area (Å²) < 4.78 is 1.49. The molecule has 16 heavy (non-hydrogen) atoms. The lowest BCUT2D eigenvalue weighted by molar-refractivity contribution is -0.136. The van der Waals surface area contributed by atoms with Gasteiger partial charge >= 0.3 is 5.97 Å². The molecule has 0 atom stereocenters. The highest BCUT2D eigenvalue weighted by Gasteiger charge is 2.12. The minimum absolute atomic E-state index is 0.0791. The van der Waals surface area contributed by atoms with Crippen LogP contribution in [-0.2, 0) is 18.3 Å². The molecule has 1 aromatic rings. The van der Waals surface area contributed by atoms with Crippen LogP contribution in [0.1, 0.15) is 29.5 Å². The Morgan fingerprint density at radius 2 is 2.25 bits per heavy atom. The molecule has 1 aromatic heterocycles. The van der Waals surface area contributed by atoms with Gasteiger partial charge in [-0.05, 0) is 12.5 Å². The Morgan fingerprint density at radius 3 is 2.75 bits per heavy atom. The monoisotopic (exact) mass is 225 g/mol. The lowest BCUT2D eigenvalue weighted by Crippen LogP contribution is -2.27. The maximum Gasteiger partial charge on any atom is 0.305 e. The molecule has 1 heterocycles. The van der Waals surface area contributed by atoms with Crippen LogP contribution in [0.3, 0.4) is 0 Å². The molecule has 0 fully saturated rings. The van der Waals surface area contributed by atoms with E-state index < -0.39 is 5.97 Å². The molecule has 1 rings (SSSR count). The van der Waals surface area contributed by atoms with Crippen LogP contribution in [0, 0.1) is 0 Å². The summed E-state index contributed by atoms with van der Waals surface area (Å²) in [6.07, 6.45) is 0.681. The van der Waals surface area contributed by atoms with Gasteiger partial charge in [-0.2, -0.15) is 5.10 Å². The number of carboxylic acids is 1. The summed E-state index contributed by atoms with van der Waals surface area (Å²) in [5, 5.41) is 15.1. The smallest absolute Gasteiger partial charge is 0.305 e. The second-order valence-electron chi connectivity index (χ2n) is 3.40. The van der Waals surface area contributed by atoms with Gasteiger partial charge in [0.05, 0.1) is 12.1 Å². The van der Waals surface area contributed by atoms with E-state index >= 15 is 0 Å². The fourth-order valence-corrected chi connectivity index (χ4v) is 1.29. The lowest BCUT2D eigenvalue weighted by atomic mass is 10.3. The molecule has 0 unspecified atom stereocenters. The number of hydrogen-bond acceptors (Lipinski definition) is 3. The molecule has 0 radical (unpaired) electrons. The van der Waals surface area contributed by atoms with Crippen molar-refractivity contribution < 1.29 is 14.7 Å². The van der Waals surface area contributed by atoms with Gasteiger partial charge in [-0.3, -0.25) is 14.3 Å². The summed E-state index contributed by atoms with van der Waals surface area (Å²) in [6, 6.07) is 1.70. The van der Waals surface area contributed by atoms with Crippen molar-refractivity contribution in [2.45, 2.75) is 19.8 Å². The van der Waals surface area contributed by atoms with Crippen LogP contribution in [0.25, 0.3) is 0 Å². The largest absolute Gasteiger partial charge is 0.481 e. The summed E-state index contributed by atoms with van der Waals surface area (Å²) in [5.41, 5.74) is 1.29. The van der Waals surface area contributed by atoms with Crippen molar-refractivity contribution >= 4 is 11.9 Å². The molecule has 0 saturated heterocycles. The SMILES string of the molecule is CCc1cc(C(=O)NCCC(=O)O)n(C)n1. The number of rotatable bonds is 5. The van der Waals surface area contributed by atoms with Crippen molar-refractivity contribution in [2.75, 3.05) is 6.54 Å². The van der Waals surface area contributed by atoms with Crippen LogP contribution in [0.4, 0.5) is 0 Å². The van der Waals surface area contributed by atoms with Crippen LogP contribution < -0.4 is 5.32 Å². The van der Waals surface area contributed by atoms with Crippen LogP contribution >= 0.6 is 0 Å². The Balaban J connectivity index is 2.58. The van der Waals surface area contributed by atoms with E-state index in [-0.39, 0.29) is 18.9 Å². The predicted molar refractivity (Wildman–Crippen MR) is 57.2 cm³/mol. The number of carboxylic acid groups (broad SMARTS) is 1. The molecule has 2 N–H and O–H groups in total. The minimum Gasteiger partial charge on any atom is -0.481 e. The summed E-state index contributed by atoms with van der Waals surface area (Å²) in [6.45, 7) is 2.08. The zero-order valence-electron chi connectivity index (χ0n) is 9.36. The van der Waals surface area contributed by atoms with Crippen molar-refractivity contribution in [1.29, 1.82) is 0 Å². The maximum atomic E-state index is 11.6. The van der Waals surface area contributed by atoms with Gasteiger partial charge in [-0.15, -0.1) is 0 Å². The van der Waals surface area contributed by atoms with Gasteiger partial charge < -0.3 is 10.4 Å². The predicted octanol–water partition coefficient (Wildman–Crippen LogP) is 0.187. The Bertz CT molecular complexity index is 398. The number of hydrogen-bond donors (Lipinski definition) is 2. The first-order valence-corrected chi connectivity index (χ1v) is 5.07. The van der Waals surface area contributed by atoms with E-state index in [1.807, 2.05) is 6.92 Å². The van der Waals surface area contributed by atoms with Crippen LogP contribution in [0.2, 0.25) is 0 Å². The fraction of sp³-hybridized carbons (Fsp3) is 0.500. The molecule has 0 aromatic carbocycles. The van der Waals surface area contributed by atoms with E-state index in [1.54, 1.807) is 13.1 Å². The molecule has 0 spiro atoms. The third kappa shape index (κ3) is 3.08. The van der Waals surface area contributed by atoms with Crippen molar-refractivity contribution in [2.24, 2.45) is 7.05 Å². The second kappa shape index (κ2) is 5.29. The Morgan fingerprint density at radius 1 is 1.56 bits per heavy atom. The van der Waals surface area contributed by atoms with Crippen LogP contribution in [0.5, 0.6) is 0 Å². The van der Waals surface area contributed by atoms with Crippen LogP contribution in [0.15, 0.2) is 6.07 Å². The first-order valence-electron chi connectivity index (χ1n) is 5.07. The van der Waals surface area contributed by atoms with E-state index in [0.717, 1.165) is 12.1 Å². The van der Waals surface area contributed by atoms with E-state index in [9.17, 15) is 9.59 Å². The number of aryl methyl sites for hydroxylation is 2. The Hall–Kier alpha value is -1.85. The van der Waals surface area contributed by atoms with Gasteiger partial charge in [-0.1, -0.05) is 6.92 Å². The zero-order valence-corrected chi connectivity index (χ0v) is 9.36. The molecule has 1 amide bonds. The van der Waals surface area contributed by atoms with Gasteiger partial charge in [0.2, 0.25) is 0 Å². The third-order valence-corrected chi connectivity index (χ3v) is 2.15. The van der Waals surface area contributed by atoms with E-state index in [4.69, 9.17) is 5.11 Å². The highest BCUT2D eigenvalue weighted by Crippen LogP contribution is 2.03. The fourth-order valence-electron chi connectivity index (χ4n) is 1.29. The van der Waals surface area contributed by atoms with Gasteiger partial charge in [0.25, 0.3) is 5.91 Å². The average Bonchev–Trinajstić information content (AvgIpc) is 2.59. The third-order valence-electron chi connectivity index (χ3n) is 2.15. The number of carbonyl (C=O) groups excluding carboxylic acids is 1. The summed E-state index contributed by atoms with van der Waals surface area (Å²) in [4.78, 5) is 21.9. The summed E-state index contributed by atoms with van der Waals surface area (Å²) in [5.74, 6) is -1.23. The zero-order chi connectivity index (χ0) is 12.1. The topological polar surface area (TPSA) is 84.2 Å². The summed E-state index contributed by atoms with van der Waals surface area (Å²) in [7, 11) is 1.69. The van der Waals surface area contributed by atoms with Gasteiger partial charge in [-0.25, -0.2) is 0 Å². The molecule has 6 heteroatoms. The van der Waals surface area contributed by atoms with E-state index in [1.165, 1.54) is 4.68 Å². The highest BCUT2D eigenvalue weighted by molar-refractivity contribution is 5.92. The number of aliphatic carboxylic acids is 1. The maximum absolute atomic E-state index is 11.6. The number of carbonyl (C=O) groups is 2. The van der Waals surface area contributed by atoms with E-state index in [2.05, 4.69) is 10.4 Å².